The smallest absolute Gasteiger partial charge is 0.322 e. The van der Waals surface area contributed by atoms with Crippen molar-refractivity contribution in [2.45, 2.75) is 39.3 Å². The Kier molecular flexibility index (Phi) is 6.96. The summed E-state index contributed by atoms with van der Waals surface area (Å²) in [7, 11) is 0. The van der Waals surface area contributed by atoms with Gasteiger partial charge in [-0.25, -0.2) is 0 Å². The molecule has 0 bridgehead atoms. The number of carboxylic acid groups (broad SMARTS) is 1. The van der Waals surface area contributed by atoms with Crippen LogP contribution in [-0.2, 0) is 14.4 Å². The molecule has 18 heavy (non-hydrogen) atoms. The summed E-state index contributed by atoms with van der Waals surface area (Å²) in [6.07, 6.45) is 0.671. The van der Waals surface area contributed by atoms with Crippen molar-refractivity contribution in [1.82, 2.24) is 10.6 Å². The highest BCUT2D eigenvalue weighted by Gasteiger charge is 2.26. The zero-order chi connectivity index (χ0) is 14.3. The fraction of sp³-hybridized carbons (Fsp3) is 0.727. The minimum atomic E-state index is -1.13. The van der Waals surface area contributed by atoms with Gasteiger partial charge in [0.15, 0.2) is 0 Å². The van der Waals surface area contributed by atoms with Crippen LogP contribution in [-0.4, -0.2) is 41.5 Å². The summed E-state index contributed by atoms with van der Waals surface area (Å²) in [5.74, 6) is -2.20. The number of hydrogen-bond acceptors (Lipinski definition) is 4. The zero-order valence-corrected chi connectivity index (χ0v) is 10.9. The summed E-state index contributed by atoms with van der Waals surface area (Å²) < 4.78 is 0. The minimum Gasteiger partial charge on any atom is -0.480 e. The van der Waals surface area contributed by atoms with E-state index in [0.717, 1.165) is 0 Å². The average molecular weight is 259 g/mol. The first kappa shape index (κ1) is 16.4. The van der Waals surface area contributed by atoms with Crippen molar-refractivity contribution in [3.05, 3.63) is 0 Å². The molecule has 0 aromatic carbocycles. The zero-order valence-electron chi connectivity index (χ0n) is 10.9. The van der Waals surface area contributed by atoms with Crippen LogP contribution in [0.15, 0.2) is 0 Å². The number of carbonyl (C=O) groups excluding carboxylic acids is 2. The Morgan fingerprint density at radius 3 is 2.17 bits per heavy atom. The molecule has 0 aromatic rings. The van der Waals surface area contributed by atoms with Crippen molar-refractivity contribution < 1.29 is 19.5 Å². The topological polar surface area (TPSA) is 122 Å². The van der Waals surface area contributed by atoms with Crippen LogP contribution in [0.1, 0.15) is 27.2 Å². The molecule has 3 atom stereocenters. The number of rotatable bonds is 7. The SMILES string of the molecule is CCC(C)C(NC(=O)C(C)N)C(=O)NCC(=O)O. The molecule has 0 aliphatic heterocycles. The molecule has 0 aliphatic rings. The minimum absolute atomic E-state index is 0.110. The number of nitrogens with two attached hydrogens (primary N) is 1. The van der Waals surface area contributed by atoms with Gasteiger partial charge in [-0.2, -0.15) is 0 Å². The van der Waals surface area contributed by atoms with Crippen molar-refractivity contribution in [1.29, 1.82) is 0 Å². The Labute approximate surface area is 106 Å². The fourth-order valence-electron chi connectivity index (χ4n) is 1.26. The maximum atomic E-state index is 11.8. The van der Waals surface area contributed by atoms with Crippen LogP contribution in [0.3, 0.4) is 0 Å². The molecule has 104 valence electrons. The van der Waals surface area contributed by atoms with Gasteiger partial charge in [0.1, 0.15) is 12.6 Å². The molecule has 3 unspecified atom stereocenters. The predicted octanol–water partition coefficient (Wildman–Crippen LogP) is -0.935. The second kappa shape index (κ2) is 7.65. The number of amides is 2. The number of nitrogens with one attached hydrogen (secondary N) is 2. The molecule has 7 heteroatoms. The van der Waals surface area contributed by atoms with E-state index in [-0.39, 0.29) is 5.92 Å². The lowest BCUT2D eigenvalue weighted by atomic mass is 9.98. The van der Waals surface area contributed by atoms with E-state index in [9.17, 15) is 14.4 Å². The molecular formula is C11H21N3O4. The molecule has 0 fully saturated rings. The van der Waals surface area contributed by atoms with Crippen molar-refractivity contribution in [3.63, 3.8) is 0 Å². The third kappa shape index (κ3) is 5.62. The third-order valence-corrected chi connectivity index (χ3v) is 2.62. The van der Waals surface area contributed by atoms with Gasteiger partial charge in [-0.3, -0.25) is 14.4 Å². The maximum Gasteiger partial charge on any atom is 0.322 e. The van der Waals surface area contributed by atoms with E-state index in [0.29, 0.717) is 6.42 Å². The maximum absolute atomic E-state index is 11.8. The monoisotopic (exact) mass is 259 g/mol. The molecule has 0 rings (SSSR count). The van der Waals surface area contributed by atoms with Crippen LogP contribution >= 0.6 is 0 Å². The molecule has 0 spiro atoms. The molecule has 7 nitrogen and oxygen atoms in total. The van der Waals surface area contributed by atoms with Gasteiger partial charge in [-0.15, -0.1) is 0 Å². The van der Waals surface area contributed by atoms with Gasteiger partial charge < -0.3 is 21.5 Å². The Balaban J connectivity index is 4.62. The second-order valence-corrected chi connectivity index (χ2v) is 4.27. The number of carbonyl (C=O) groups is 3. The van der Waals surface area contributed by atoms with Gasteiger partial charge in [0.25, 0.3) is 0 Å². The molecule has 0 saturated carbocycles. The van der Waals surface area contributed by atoms with Crippen molar-refractivity contribution >= 4 is 17.8 Å². The van der Waals surface area contributed by atoms with E-state index in [1.807, 2.05) is 6.92 Å². The summed E-state index contributed by atoms with van der Waals surface area (Å²) in [6.45, 7) is 4.71. The van der Waals surface area contributed by atoms with Crippen molar-refractivity contribution in [2.24, 2.45) is 11.7 Å². The Morgan fingerprint density at radius 1 is 1.22 bits per heavy atom. The largest absolute Gasteiger partial charge is 0.480 e. The highest BCUT2D eigenvalue weighted by Crippen LogP contribution is 2.08. The van der Waals surface area contributed by atoms with Crippen molar-refractivity contribution in [3.8, 4) is 0 Å². The lowest BCUT2D eigenvalue weighted by Crippen LogP contribution is -2.54. The van der Waals surface area contributed by atoms with Gasteiger partial charge in [0.05, 0.1) is 6.04 Å². The first-order valence-corrected chi connectivity index (χ1v) is 5.85. The number of hydrogen-bond donors (Lipinski definition) is 4. The summed E-state index contributed by atoms with van der Waals surface area (Å²) in [6, 6.07) is -1.49. The van der Waals surface area contributed by atoms with Crippen LogP contribution in [0.5, 0.6) is 0 Å². The Morgan fingerprint density at radius 2 is 1.78 bits per heavy atom. The second-order valence-electron chi connectivity index (χ2n) is 4.27. The summed E-state index contributed by atoms with van der Waals surface area (Å²) in [5.41, 5.74) is 5.41. The standard InChI is InChI=1S/C11H21N3O4/c1-4-6(2)9(14-10(17)7(3)12)11(18)13-5-8(15)16/h6-7,9H,4-5,12H2,1-3H3,(H,13,18)(H,14,17)(H,15,16). The predicted molar refractivity (Wildman–Crippen MR) is 65.7 cm³/mol. The molecule has 2 amide bonds. The molecule has 0 saturated heterocycles. The van der Waals surface area contributed by atoms with E-state index < -0.39 is 36.4 Å². The lowest BCUT2D eigenvalue weighted by molar-refractivity contribution is -0.138. The lowest BCUT2D eigenvalue weighted by Gasteiger charge is -2.24. The molecule has 0 aliphatic carbocycles. The Bertz CT molecular complexity index is 317. The quantitative estimate of drug-likeness (QED) is 0.470. The van der Waals surface area contributed by atoms with Gasteiger partial charge >= 0.3 is 5.97 Å². The highest BCUT2D eigenvalue weighted by molar-refractivity contribution is 5.91. The molecule has 0 aromatic heterocycles. The van der Waals surface area contributed by atoms with Gasteiger partial charge in [0, 0.05) is 0 Å². The number of aliphatic carboxylic acids is 1. The van der Waals surface area contributed by atoms with Crippen LogP contribution in [0.25, 0.3) is 0 Å². The molecular weight excluding hydrogens is 238 g/mol. The van der Waals surface area contributed by atoms with E-state index in [1.54, 1.807) is 6.92 Å². The first-order valence-electron chi connectivity index (χ1n) is 5.85. The van der Waals surface area contributed by atoms with Crippen LogP contribution in [0.4, 0.5) is 0 Å². The summed E-state index contributed by atoms with van der Waals surface area (Å²) >= 11 is 0. The summed E-state index contributed by atoms with van der Waals surface area (Å²) in [4.78, 5) is 33.6. The van der Waals surface area contributed by atoms with Gasteiger partial charge in [-0.1, -0.05) is 20.3 Å². The fourth-order valence-corrected chi connectivity index (χ4v) is 1.26. The van der Waals surface area contributed by atoms with Crippen LogP contribution in [0, 0.1) is 5.92 Å². The Hall–Kier alpha value is -1.63. The first-order chi connectivity index (χ1) is 8.29. The average Bonchev–Trinajstić information content (AvgIpc) is 2.31. The van der Waals surface area contributed by atoms with E-state index in [2.05, 4.69) is 10.6 Å². The molecule has 0 heterocycles. The number of carboxylic acids is 1. The van der Waals surface area contributed by atoms with E-state index in [1.165, 1.54) is 6.92 Å². The van der Waals surface area contributed by atoms with Crippen molar-refractivity contribution in [2.75, 3.05) is 6.54 Å². The third-order valence-electron chi connectivity index (χ3n) is 2.62. The highest BCUT2D eigenvalue weighted by atomic mass is 16.4. The van der Waals surface area contributed by atoms with E-state index in [4.69, 9.17) is 10.8 Å². The summed E-state index contributed by atoms with van der Waals surface area (Å²) in [5, 5.41) is 13.3. The van der Waals surface area contributed by atoms with Gasteiger partial charge in [0.2, 0.25) is 11.8 Å². The van der Waals surface area contributed by atoms with E-state index >= 15 is 0 Å². The molecule has 0 radical (unpaired) electrons. The van der Waals surface area contributed by atoms with Crippen LogP contribution in [0.2, 0.25) is 0 Å². The van der Waals surface area contributed by atoms with Crippen LogP contribution < -0.4 is 16.4 Å². The normalized spacial score (nSPS) is 15.3. The molecule has 5 N–H and O–H groups in total. The van der Waals surface area contributed by atoms with Gasteiger partial charge in [-0.05, 0) is 12.8 Å².